The second-order valence-corrected chi connectivity index (χ2v) is 6.51. The summed E-state index contributed by atoms with van der Waals surface area (Å²) in [5, 5.41) is 1.84. The zero-order chi connectivity index (χ0) is 15.2. The SMILES string of the molecule is CS[C@H](C)CCC(=O)OCc1cc2ccccc2nc1Cl. The Morgan fingerprint density at radius 3 is 2.95 bits per heavy atom. The van der Waals surface area contributed by atoms with E-state index in [1.54, 1.807) is 11.8 Å². The van der Waals surface area contributed by atoms with Crippen LogP contribution < -0.4 is 0 Å². The van der Waals surface area contributed by atoms with Crippen molar-refractivity contribution in [3.8, 4) is 0 Å². The predicted molar refractivity (Wildman–Crippen MR) is 88.8 cm³/mol. The molecule has 0 spiro atoms. The van der Waals surface area contributed by atoms with Gasteiger partial charge in [0.15, 0.2) is 0 Å². The molecule has 1 aromatic carbocycles. The van der Waals surface area contributed by atoms with E-state index >= 15 is 0 Å². The quantitative estimate of drug-likeness (QED) is 0.581. The van der Waals surface area contributed by atoms with Crippen LogP contribution in [0.5, 0.6) is 0 Å². The molecule has 0 fully saturated rings. The van der Waals surface area contributed by atoms with Crippen molar-refractivity contribution < 1.29 is 9.53 Å². The molecule has 112 valence electrons. The van der Waals surface area contributed by atoms with Crippen LogP contribution >= 0.6 is 23.4 Å². The number of benzene rings is 1. The van der Waals surface area contributed by atoms with Crippen molar-refractivity contribution in [3.05, 3.63) is 41.0 Å². The van der Waals surface area contributed by atoms with Crippen molar-refractivity contribution in [2.75, 3.05) is 6.26 Å². The number of esters is 1. The van der Waals surface area contributed by atoms with Gasteiger partial charge in [-0.1, -0.05) is 36.7 Å². The summed E-state index contributed by atoms with van der Waals surface area (Å²) in [4.78, 5) is 16.0. The summed E-state index contributed by atoms with van der Waals surface area (Å²) < 4.78 is 5.28. The molecule has 1 aromatic heterocycles. The molecule has 1 atom stereocenters. The minimum atomic E-state index is -0.194. The number of rotatable bonds is 6. The number of hydrogen-bond donors (Lipinski definition) is 0. The zero-order valence-corrected chi connectivity index (χ0v) is 13.7. The summed E-state index contributed by atoms with van der Waals surface area (Å²) in [7, 11) is 0. The fourth-order valence-corrected chi connectivity index (χ4v) is 2.46. The van der Waals surface area contributed by atoms with Crippen molar-refractivity contribution >= 4 is 40.2 Å². The Kier molecular flexibility index (Phi) is 5.88. The van der Waals surface area contributed by atoms with Gasteiger partial charge in [-0.3, -0.25) is 4.79 Å². The van der Waals surface area contributed by atoms with Crippen LogP contribution in [-0.2, 0) is 16.1 Å². The third kappa shape index (κ3) is 4.61. The molecule has 3 nitrogen and oxygen atoms in total. The fraction of sp³-hybridized carbons (Fsp3) is 0.375. The number of thioether (sulfide) groups is 1. The molecule has 0 saturated carbocycles. The van der Waals surface area contributed by atoms with Gasteiger partial charge in [-0.15, -0.1) is 0 Å². The summed E-state index contributed by atoms with van der Waals surface area (Å²) in [6, 6.07) is 9.64. The molecule has 0 aliphatic rings. The van der Waals surface area contributed by atoms with Crippen molar-refractivity contribution in [1.29, 1.82) is 0 Å². The maximum Gasteiger partial charge on any atom is 0.306 e. The molecule has 0 amide bonds. The van der Waals surface area contributed by atoms with E-state index in [0.717, 1.165) is 22.9 Å². The number of para-hydroxylation sites is 1. The van der Waals surface area contributed by atoms with Crippen LogP contribution in [0.1, 0.15) is 25.3 Å². The minimum absolute atomic E-state index is 0.170. The van der Waals surface area contributed by atoms with Crippen LogP contribution in [0.3, 0.4) is 0 Å². The highest BCUT2D eigenvalue weighted by atomic mass is 35.5. The van der Waals surface area contributed by atoms with E-state index in [1.807, 2.05) is 36.6 Å². The molecular formula is C16H18ClNO2S. The molecule has 0 unspecified atom stereocenters. The fourth-order valence-electron chi connectivity index (χ4n) is 1.91. The maximum absolute atomic E-state index is 11.7. The highest BCUT2D eigenvalue weighted by Crippen LogP contribution is 2.21. The smallest absolute Gasteiger partial charge is 0.306 e. The van der Waals surface area contributed by atoms with Gasteiger partial charge >= 0.3 is 5.97 Å². The van der Waals surface area contributed by atoms with Crippen LogP contribution in [0.15, 0.2) is 30.3 Å². The highest BCUT2D eigenvalue weighted by molar-refractivity contribution is 7.99. The normalized spacial score (nSPS) is 12.3. The number of carbonyl (C=O) groups excluding carboxylic acids is 1. The highest BCUT2D eigenvalue weighted by Gasteiger charge is 2.10. The monoisotopic (exact) mass is 323 g/mol. The zero-order valence-electron chi connectivity index (χ0n) is 12.1. The summed E-state index contributed by atoms with van der Waals surface area (Å²) in [6.07, 6.45) is 3.29. The van der Waals surface area contributed by atoms with Crippen molar-refractivity contribution in [2.24, 2.45) is 0 Å². The molecule has 2 aromatic rings. The standard InChI is InChI=1S/C16H18ClNO2S/c1-11(21-2)7-8-15(19)20-10-13-9-12-5-3-4-6-14(12)18-16(13)17/h3-6,9,11H,7-8,10H2,1-2H3/t11-/m1/s1. The third-order valence-electron chi connectivity index (χ3n) is 3.30. The van der Waals surface area contributed by atoms with E-state index in [9.17, 15) is 4.79 Å². The lowest BCUT2D eigenvalue weighted by molar-refractivity contribution is -0.145. The second kappa shape index (κ2) is 7.66. The van der Waals surface area contributed by atoms with Gasteiger partial charge in [0.1, 0.15) is 11.8 Å². The average molecular weight is 324 g/mol. The molecule has 0 N–H and O–H groups in total. The second-order valence-electron chi connectivity index (χ2n) is 4.88. The molecule has 0 bridgehead atoms. The lowest BCUT2D eigenvalue weighted by atomic mass is 10.2. The van der Waals surface area contributed by atoms with E-state index in [2.05, 4.69) is 11.9 Å². The minimum Gasteiger partial charge on any atom is -0.461 e. The van der Waals surface area contributed by atoms with Gasteiger partial charge in [0.2, 0.25) is 0 Å². The first kappa shape index (κ1) is 16.1. The number of carbonyl (C=O) groups is 1. The summed E-state index contributed by atoms with van der Waals surface area (Å²) >= 11 is 7.88. The van der Waals surface area contributed by atoms with Gasteiger partial charge < -0.3 is 4.74 Å². The molecule has 0 saturated heterocycles. The van der Waals surface area contributed by atoms with E-state index in [1.165, 1.54) is 0 Å². The molecule has 0 aliphatic heterocycles. The van der Waals surface area contributed by atoms with Crippen LogP contribution in [0.25, 0.3) is 10.9 Å². The number of ether oxygens (including phenoxy) is 1. The van der Waals surface area contributed by atoms with E-state index in [-0.39, 0.29) is 12.6 Å². The summed E-state index contributed by atoms with van der Waals surface area (Å²) in [5.41, 5.74) is 1.58. The number of pyridine rings is 1. The molecule has 5 heteroatoms. The molecule has 1 heterocycles. The molecule has 0 aliphatic carbocycles. The van der Waals surface area contributed by atoms with Gasteiger partial charge in [0, 0.05) is 22.6 Å². The van der Waals surface area contributed by atoms with Crippen molar-refractivity contribution in [3.63, 3.8) is 0 Å². The van der Waals surface area contributed by atoms with Crippen LogP contribution in [0.2, 0.25) is 5.15 Å². The lowest BCUT2D eigenvalue weighted by Gasteiger charge is -2.09. The Labute approximate surface area is 134 Å². The topological polar surface area (TPSA) is 39.2 Å². The van der Waals surface area contributed by atoms with Gasteiger partial charge in [0.05, 0.1) is 5.52 Å². The number of hydrogen-bond acceptors (Lipinski definition) is 4. The Morgan fingerprint density at radius 2 is 2.19 bits per heavy atom. The van der Waals surface area contributed by atoms with Crippen molar-refractivity contribution in [2.45, 2.75) is 31.6 Å². The van der Waals surface area contributed by atoms with Crippen molar-refractivity contribution in [1.82, 2.24) is 4.98 Å². The first-order valence-corrected chi connectivity index (χ1v) is 8.49. The van der Waals surface area contributed by atoms with Gasteiger partial charge in [0.25, 0.3) is 0 Å². The molecule has 21 heavy (non-hydrogen) atoms. The van der Waals surface area contributed by atoms with E-state index in [0.29, 0.717) is 16.8 Å². The number of halogens is 1. The summed E-state index contributed by atoms with van der Waals surface area (Å²) in [5.74, 6) is -0.194. The van der Waals surface area contributed by atoms with Gasteiger partial charge in [-0.2, -0.15) is 11.8 Å². The molecule has 2 rings (SSSR count). The predicted octanol–water partition coefficient (Wildman–Crippen LogP) is 4.46. The first-order valence-electron chi connectivity index (χ1n) is 6.82. The van der Waals surface area contributed by atoms with Crippen LogP contribution in [-0.4, -0.2) is 22.5 Å². The molecule has 0 radical (unpaired) electrons. The van der Waals surface area contributed by atoms with E-state index in [4.69, 9.17) is 16.3 Å². The van der Waals surface area contributed by atoms with Crippen LogP contribution in [0, 0.1) is 0 Å². The Bertz CT molecular complexity index is 633. The number of fused-ring (bicyclic) bond motifs is 1. The first-order chi connectivity index (χ1) is 10.1. The third-order valence-corrected chi connectivity index (χ3v) is 4.66. The summed E-state index contributed by atoms with van der Waals surface area (Å²) in [6.45, 7) is 2.27. The number of nitrogens with zero attached hydrogens (tertiary/aromatic N) is 1. The Balaban J connectivity index is 1.97. The largest absolute Gasteiger partial charge is 0.461 e. The lowest BCUT2D eigenvalue weighted by Crippen LogP contribution is -2.08. The van der Waals surface area contributed by atoms with E-state index < -0.39 is 0 Å². The Hall–Kier alpha value is -1.26. The maximum atomic E-state index is 11.7. The van der Waals surface area contributed by atoms with Gasteiger partial charge in [-0.05, 0) is 24.8 Å². The number of aromatic nitrogens is 1. The molecular weight excluding hydrogens is 306 g/mol. The van der Waals surface area contributed by atoms with Gasteiger partial charge in [-0.25, -0.2) is 4.98 Å². The Morgan fingerprint density at radius 1 is 1.43 bits per heavy atom. The van der Waals surface area contributed by atoms with Crippen LogP contribution in [0.4, 0.5) is 0 Å². The average Bonchev–Trinajstić information content (AvgIpc) is 2.50.